The van der Waals surface area contributed by atoms with Gasteiger partial charge >= 0.3 is 12.3 Å². The Bertz CT molecular complexity index is 691. The molecule has 0 fully saturated rings. The Labute approximate surface area is 132 Å². The van der Waals surface area contributed by atoms with Crippen molar-refractivity contribution >= 4 is 15.9 Å². The van der Waals surface area contributed by atoms with Crippen molar-refractivity contribution in [1.29, 1.82) is 0 Å². The quantitative estimate of drug-likeness (QED) is 0.906. The van der Waals surface area contributed by atoms with Crippen LogP contribution in [0.5, 0.6) is 0 Å². The number of alkyl halides is 3. The number of amides is 1. The van der Waals surface area contributed by atoms with E-state index in [1.165, 1.54) is 6.07 Å². The molecule has 23 heavy (non-hydrogen) atoms. The van der Waals surface area contributed by atoms with Crippen molar-refractivity contribution in [2.24, 2.45) is 0 Å². The molecule has 0 heterocycles. The molecular formula is C14H18F3NO4S. The van der Waals surface area contributed by atoms with Gasteiger partial charge < -0.3 is 10.1 Å². The normalized spacial score (nSPS) is 12.8. The molecule has 0 saturated heterocycles. The van der Waals surface area contributed by atoms with Crippen LogP contribution >= 0.6 is 0 Å². The number of rotatable bonds is 3. The smallest absolute Gasteiger partial charge is 0.417 e. The van der Waals surface area contributed by atoms with E-state index in [2.05, 4.69) is 5.32 Å². The Morgan fingerprint density at radius 3 is 2.22 bits per heavy atom. The minimum atomic E-state index is -4.82. The monoisotopic (exact) mass is 353 g/mol. The number of alkyl carbamates (subject to hydrolysis) is 1. The number of carbonyl (C=O) groups is 1. The van der Waals surface area contributed by atoms with Gasteiger partial charge in [-0.15, -0.1) is 0 Å². The lowest BCUT2D eigenvalue weighted by atomic mass is 10.1. The molecule has 0 saturated carbocycles. The van der Waals surface area contributed by atoms with Crippen molar-refractivity contribution < 1.29 is 31.1 Å². The molecule has 5 nitrogen and oxygen atoms in total. The minimum absolute atomic E-state index is 0.107. The second-order valence-corrected chi connectivity index (χ2v) is 7.94. The largest absolute Gasteiger partial charge is 0.444 e. The van der Waals surface area contributed by atoms with Crippen LogP contribution in [0, 0.1) is 0 Å². The van der Waals surface area contributed by atoms with Crippen molar-refractivity contribution in [3.05, 3.63) is 29.3 Å². The highest BCUT2D eigenvalue weighted by molar-refractivity contribution is 7.90. The lowest BCUT2D eigenvalue weighted by molar-refractivity contribution is -0.139. The molecular weight excluding hydrogens is 335 g/mol. The fourth-order valence-electron chi connectivity index (χ4n) is 1.72. The van der Waals surface area contributed by atoms with Gasteiger partial charge in [0.05, 0.1) is 10.5 Å². The molecule has 0 aliphatic carbocycles. The zero-order valence-electron chi connectivity index (χ0n) is 13.1. The Morgan fingerprint density at radius 2 is 1.78 bits per heavy atom. The first-order valence-electron chi connectivity index (χ1n) is 6.57. The molecule has 0 aromatic heterocycles. The van der Waals surface area contributed by atoms with Gasteiger partial charge in [-0.05, 0) is 38.5 Å². The topological polar surface area (TPSA) is 72.5 Å². The van der Waals surface area contributed by atoms with E-state index in [-0.39, 0.29) is 12.1 Å². The van der Waals surface area contributed by atoms with Crippen LogP contribution in [-0.2, 0) is 27.3 Å². The standard InChI is InChI=1S/C14H18F3NO4S/c1-13(2,3)22-12(19)18-8-9-5-6-11(23(4,20)21)10(7-9)14(15,16)17/h5-7H,8H2,1-4H3,(H,18,19). The molecule has 1 aromatic carbocycles. The van der Waals surface area contributed by atoms with Crippen LogP contribution in [0.1, 0.15) is 31.9 Å². The molecule has 1 aromatic rings. The summed E-state index contributed by atoms with van der Waals surface area (Å²) in [6.07, 6.45) is -4.89. The van der Waals surface area contributed by atoms with Gasteiger partial charge in [-0.25, -0.2) is 13.2 Å². The Kier molecular flexibility index (Phi) is 5.35. The van der Waals surface area contributed by atoms with Crippen LogP contribution in [0.2, 0.25) is 0 Å². The average Bonchev–Trinajstić information content (AvgIpc) is 2.31. The van der Waals surface area contributed by atoms with Gasteiger partial charge in [0.1, 0.15) is 5.60 Å². The first-order chi connectivity index (χ1) is 10.2. The average molecular weight is 353 g/mol. The summed E-state index contributed by atoms with van der Waals surface area (Å²) >= 11 is 0. The number of carbonyl (C=O) groups excluding carboxylic acids is 1. The highest BCUT2D eigenvalue weighted by Gasteiger charge is 2.36. The van der Waals surface area contributed by atoms with Crippen molar-refractivity contribution in [3.8, 4) is 0 Å². The number of benzene rings is 1. The molecule has 0 spiro atoms. The van der Waals surface area contributed by atoms with Gasteiger partial charge in [-0.1, -0.05) is 6.07 Å². The zero-order valence-corrected chi connectivity index (χ0v) is 13.9. The van der Waals surface area contributed by atoms with E-state index in [1.54, 1.807) is 20.8 Å². The molecule has 130 valence electrons. The third-order valence-electron chi connectivity index (χ3n) is 2.58. The number of hydrogen-bond donors (Lipinski definition) is 1. The fraction of sp³-hybridized carbons (Fsp3) is 0.500. The van der Waals surface area contributed by atoms with Crippen LogP contribution in [0.3, 0.4) is 0 Å². The maximum Gasteiger partial charge on any atom is 0.417 e. The van der Waals surface area contributed by atoms with Crippen molar-refractivity contribution in [2.45, 2.75) is 44.0 Å². The van der Waals surface area contributed by atoms with E-state index in [0.29, 0.717) is 12.3 Å². The van der Waals surface area contributed by atoms with Crippen molar-refractivity contribution in [3.63, 3.8) is 0 Å². The predicted molar refractivity (Wildman–Crippen MR) is 77.6 cm³/mol. The Morgan fingerprint density at radius 1 is 1.22 bits per heavy atom. The summed E-state index contributed by atoms with van der Waals surface area (Å²) in [5.41, 5.74) is -1.89. The zero-order chi connectivity index (χ0) is 18.1. The van der Waals surface area contributed by atoms with E-state index in [1.807, 2.05) is 0 Å². The maximum absolute atomic E-state index is 13.0. The summed E-state index contributed by atoms with van der Waals surface area (Å²) in [6.45, 7) is 4.72. The lowest BCUT2D eigenvalue weighted by Gasteiger charge is -2.20. The molecule has 0 atom stereocenters. The summed E-state index contributed by atoms with van der Waals surface area (Å²) in [6, 6.07) is 2.79. The SMILES string of the molecule is CC(C)(C)OC(=O)NCc1ccc(S(C)(=O)=O)c(C(F)(F)F)c1. The van der Waals surface area contributed by atoms with Gasteiger partial charge in [0, 0.05) is 12.8 Å². The highest BCUT2D eigenvalue weighted by atomic mass is 32.2. The molecule has 1 amide bonds. The summed E-state index contributed by atoms with van der Waals surface area (Å²) in [4.78, 5) is 10.7. The number of sulfone groups is 1. The molecule has 9 heteroatoms. The molecule has 0 radical (unpaired) electrons. The summed E-state index contributed by atoms with van der Waals surface area (Å²) in [5.74, 6) is 0. The molecule has 1 N–H and O–H groups in total. The van der Waals surface area contributed by atoms with Crippen LogP contribution in [-0.4, -0.2) is 26.4 Å². The maximum atomic E-state index is 13.0. The lowest BCUT2D eigenvalue weighted by Crippen LogP contribution is -2.32. The highest BCUT2D eigenvalue weighted by Crippen LogP contribution is 2.34. The van der Waals surface area contributed by atoms with E-state index in [9.17, 15) is 26.4 Å². The minimum Gasteiger partial charge on any atom is -0.444 e. The molecule has 1 rings (SSSR count). The first kappa shape index (κ1) is 19.3. The second kappa shape index (κ2) is 6.38. The van der Waals surface area contributed by atoms with E-state index >= 15 is 0 Å². The number of nitrogens with one attached hydrogen (secondary N) is 1. The van der Waals surface area contributed by atoms with Gasteiger partial charge in [0.2, 0.25) is 0 Å². The van der Waals surface area contributed by atoms with Gasteiger partial charge in [0.15, 0.2) is 9.84 Å². The van der Waals surface area contributed by atoms with Gasteiger partial charge in [0.25, 0.3) is 0 Å². The van der Waals surface area contributed by atoms with E-state index < -0.39 is 38.2 Å². The van der Waals surface area contributed by atoms with Crippen LogP contribution < -0.4 is 5.32 Å². The Hall–Kier alpha value is -1.77. The predicted octanol–water partition coefficient (Wildman–Crippen LogP) is 3.13. The summed E-state index contributed by atoms with van der Waals surface area (Å²) < 4.78 is 66.9. The number of hydrogen-bond acceptors (Lipinski definition) is 4. The third-order valence-corrected chi connectivity index (χ3v) is 3.74. The van der Waals surface area contributed by atoms with Crippen LogP contribution in [0.15, 0.2) is 23.1 Å². The van der Waals surface area contributed by atoms with E-state index in [4.69, 9.17) is 4.74 Å². The van der Waals surface area contributed by atoms with Crippen molar-refractivity contribution in [2.75, 3.05) is 6.26 Å². The van der Waals surface area contributed by atoms with Crippen LogP contribution in [0.25, 0.3) is 0 Å². The van der Waals surface area contributed by atoms with Gasteiger partial charge in [-0.3, -0.25) is 0 Å². The molecule has 0 unspecified atom stereocenters. The second-order valence-electron chi connectivity index (χ2n) is 5.96. The van der Waals surface area contributed by atoms with Crippen molar-refractivity contribution in [1.82, 2.24) is 5.32 Å². The van der Waals surface area contributed by atoms with E-state index in [0.717, 1.165) is 6.07 Å². The molecule has 0 aliphatic heterocycles. The van der Waals surface area contributed by atoms with Gasteiger partial charge in [-0.2, -0.15) is 13.2 Å². The summed E-state index contributed by atoms with van der Waals surface area (Å²) in [5, 5.41) is 2.31. The number of ether oxygens (including phenoxy) is 1. The Balaban J connectivity index is 3.02. The number of halogens is 3. The molecule has 0 aliphatic rings. The summed E-state index contributed by atoms with van der Waals surface area (Å²) in [7, 11) is -4.02. The van der Waals surface area contributed by atoms with Crippen LogP contribution in [0.4, 0.5) is 18.0 Å². The third kappa shape index (κ3) is 6.09. The fourth-order valence-corrected chi connectivity index (χ4v) is 2.61. The molecule has 0 bridgehead atoms. The first-order valence-corrected chi connectivity index (χ1v) is 8.46.